The van der Waals surface area contributed by atoms with Crippen LogP contribution in [-0.2, 0) is 4.79 Å². The first-order chi connectivity index (χ1) is 16.2. The Bertz CT molecular complexity index is 986. The molecule has 3 aromatic rings. The lowest BCUT2D eigenvalue weighted by molar-refractivity contribution is -0.145. The quantitative estimate of drug-likeness (QED) is 0.529. The number of hydrogen-bond acceptors (Lipinski definition) is 1. The molecule has 0 heterocycles. The maximum atomic E-state index is 13.9. The summed E-state index contributed by atoms with van der Waals surface area (Å²) in [5, 5.41) is 7.57. The fourth-order valence-electron chi connectivity index (χ4n) is 7.54. The first-order valence-electron chi connectivity index (χ1n) is 12.5. The molecular formula is C30H33ClNOP. The first kappa shape index (κ1) is 23.6. The average molecular weight is 490 g/mol. The number of carbonyl (C=O) groups is 1. The molecule has 4 heteroatoms. The topological polar surface area (TPSA) is 29.1 Å². The summed E-state index contributed by atoms with van der Waals surface area (Å²) in [6.07, 6.45) is 8.10. The van der Waals surface area contributed by atoms with Crippen LogP contribution in [0.1, 0.15) is 38.5 Å². The summed E-state index contributed by atoms with van der Waals surface area (Å²) in [6.45, 7) is 0. The van der Waals surface area contributed by atoms with Gasteiger partial charge in [-0.25, -0.2) is 0 Å². The van der Waals surface area contributed by atoms with Gasteiger partial charge in [-0.15, -0.1) is 0 Å². The number of carbonyl (C=O) groups excluding carboxylic acids is 1. The lowest BCUT2D eigenvalue weighted by atomic mass is 9.49. The van der Waals surface area contributed by atoms with E-state index in [-0.39, 0.29) is 17.8 Å². The van der Waals surface area contributed by atoms with Crippen LogP contribution in [0.3, 0.4) is 0 Å². The third-order valence-corrected chi connectivity index (χ3v) is 12.8. The zero-order chi connectivity index (χ0) is 22.3. The molecule has 4 aliphatic carbocycles. The fourth-order valence-corrected chi connectivity index (χ4v) is 11.4. The summed E-state index contributed by atoms with van der Waals surface area (Å²) in [4.78, 5) is 13.9. The van der Waals surface area contributed by atoms with Crippen LogP contribution in [0, 0.1) is 23.2 Å². The molecule has 4 aliphatic rings. The van der Waals surface area contributed by atoms with Gasteiger partial charge in [0.1, 0.15) is 29.5 Å². The van der Waals surface area contributed by atoms with Gasteiger partial charge in [-0.1, -0.05) is 54.6 Å². The molecule has 176 valence electrons. The average Bonchev–Trinajstić information content (AvgIpc) is 2.85. The summed E-state index contributed by atoms with van der Waals surface area (Å²) in [6, 6.07) is 32.6. The van der Waals surface area contributed by atoms with E-state index in [1.54, 1.807) is 0 Å². The second-order valence-electron chi connectivity index (χ2n) is 10.7. The van der Waals surface area contributed by atoms with Crippen molar-refractivity contribution in [3.05, 3.63) is 91.0 Å². The van der Waals surface area contributed by atoms with Crippen LogP contribution in [0.2, 0.25) is 0 Å². The van der Waals surface area contributed by atoms with Crippen molar-refractivity contribution >= 4 is 29.1 Å². The molecule has 0 aromatic heterocycles. The van der Waals surface area contributed by atoms with E-state index in [1.807, 2.05) is 0 Å². The first-order valence-corrected chi connectivity index (χ1v) is 14.5. The summed E-state index contributed by atoms with van der Waals surface area (Å²) < 4.78 is 0. The van der Waals surface area contributed by atoms with E-state index in [4.69, 9.17) is 0 Å². The molecule has 0 atom stereocenters. The smallest absolute Gasteiger partial charge is 0.229 e. The molecule has 0 spiro atoms. The van der Waals surface area contributed by atoms with Gasteiger partial charge in [-0.3, -0.25) is 4.79 Å². The van der Waals surface area contributed by atoms with Crippen molar-refractivity contribution in [2.75, 3.05) is 6.29 Å². The van der Waals surface area contributed by atoms with Crippen LogP contribution in [0.15, 0.2) is 91.0 Å². The third kappa shape index (κ3) is 4.00. The minimum Gasteiger partial charge on any atom is -1.00 e. The van der Waals surface area contributed by atoms with Gasteiger partial charge < -0.3 is 17.7 Å². The van der Waals surface area contributed by atoms with E-state index in [1.165, 1.54) is 35.2 Å². The van der Waals surface area contributed by atoms with Crippen molar-refractivity contribution in [2.24, 2.45) is 23.2 Å². The van der Waals surface area contributed by atoms with Crippen LogP contribution in [0.4, 0.5) is 0 Å². The van der Waals surface area contributed by atoms with Crippen LogP contribution >= 0.6 is 7.26 Å². The predicted molar refractivity (Wildman–Crippen MR) is 139 cm³/mol. The zero-order valence-corrected chi connectivity index (χ0v) is 21.2. The van der Waals surface area contributed by atoms with Gasteiger partial charge in [0, 0.05) is 0 Å². The molecule has 7 rings (SSSR count). The summed E-state index contributed by atoms with van der Waals surface area (Å²) in [7, 11) is -2.03. The van der Waals surface area contributed by atoms with E-state index in [0.717, 1.165) is 37.0 Å². The van der Waals surface area contributed by atoms with Crippen molar-refractivity contribution in [3.63, 3.8) is 0 Å². The number of nitrogens with one attached hydrogen (secondary N) is 1. The summed E-state index contributed by atoms with van der Waals surface area (Å²) >= 11 is 0. The molecule has 1 N–H and O–H groups in total. The highest BCUT2D eigenvalue weighted by atomic mass is 35.5. The number of amides is 1. The van der Waals surface area contributed by atoms with E-state index >= 15 is 0 Å². The van der Waals surface area contributed by atoms with Gasteiger partial charge in [0.05, 0.1) is 5.41 Å². The van der Waals surface area contributed by atoms with E-state index in [9.17, 15) is 4.79 Å². The SMILES string of the molecule is O=C(NC[P+](c1ccccc1)(c1ccccc1)c1ccccc1)C12CC3CC(CC(C3)C1)C2.[Cl-]. The molecular weight excluding hydrogens is 457 g/mol. The molecule has 4 bridgehead atoms. The lowest BCUT2D eigenvalue weighted by Gasteiger charge is -2.55. The molecule has 0 radical (unpaired) electrons. The molecule has 1 amide bonds. The van der Waals surface area contributed by atoms with Crippen LogP contribution < -0.4 is 33.6 Å². The Labute approximate surface area is 210 Å². The van der Waals surface area contributed by atoms with Crippen LogP contribution in [-0.4, -0.2) is 12.2 Å². The Hall–Kier alpha value is -2.15. The predicted octanol–water partition coefficient (Wildman–Crippen LogP) is 2.27. The van der Waals surface area contributed by atoms with Crippen molar-refractivity contribution < 1.29 is 17.2 Å². The summed E-state index contributed by atoms with van der Waals surface area (Å²) in [5.41, 5.74) is -0.117. The van der Waals surface area contributed by atoms with Crippen molar-refractivity contribution in [2.45, 2.75) is 38.5 Å². The number of halogens is 1. The summed E-state index contributed by atoms with van der Waals surface area (Å²) in [5.74, 6) is 2.66. The molecule has 2 nitrogen and oxygen atoms in total. The second kappa shape index (κ2) is 9.48. The van der Waals surface area contributed by atoms with E-state index in [0.29, 0.717) is 12.2 Å². The minimum atomic E-state index is -2.03. The molecule has 3 aromatic carbocycles. The largest absolute Gasteiger partial charge is 1.00 e. The monoisotopic (exact) mass is 489 g/mol. The lowest BCUT2D eigenvalue weighted by Crippen LogP contribution is -3.00. The Kier molecular flexibility index (Phi) is 6.58. The third-order valence-electron chi connectivity index (χ3n) is 8.59. The Morgan fingerprint density at radius 2 is 1.03 bits per heavy atom. The standard InChI is InChI=1S/C30H32NOP.ClH/c32-29(30-19-23-16-24(20-30)18-25(17-23)21-30)31-22-33(26-10-4-1-5-11-26,27-12-6-2-7-13-27)28-14-8-3-9-15-28;/h1-15,23-25H,16-22H2;1H. The zero-order valence-electron chi connectivity index (χ0n) is 19.6. The number of hydrogen-bond donors (Lipinski definition) is 1. The van der Waals surface area contributed by atoms with Crippen LogP contribution in [0.5, 0.6) is 0 Å². The maximum Gasteiger partial charge on any atom is 0.229 e. The second-order valence-corrected chi connectivity index (χ2v) is 14.2. The van der Waals surface area contributed by atoms with Crippen LogP contribution in [0.25, 0.3) is 0 Å². The molecule has 0 unspecified atom stereocenters. The normalized spacial score (nSPS) is 27.1. The van der Waals surface area contributed by atoms with Crippen molar-refractivity contribution in [1.82, 2.24) is 5.32 Å². The maximum absolute atomic E-state index is 13.9. The van der Waals surface area contributed by atoms with Crippen molar-refractivity contribution in [3.8, 4) is 0 Å². The molecule has 0 saturated heterocycles. The Morgan fingerprint density at radius 3 is 1.38 bits per heavy atom. The molecule has 4 fully saturated rings. The van der Waals surface area contributed by atoms with Crippen molar-refractivity contribution in [1.29, 1.82) is 0 Å². The highest BCUT2D eigenvalue weighted by Crippen LogP contribution is 2.60. The Balaban J connectivity index is 0.00000241. The number of benzene rings is 3. The molecule has 0 aliphatic heterocycles. The van der Waals surface area contributed by atoms with E-state index < -0.39 is 7.26 Å². The Morgan fingerprint density at radius 1 is 0.676 bits per heavy atom. The number of rotatable bonds is 6. The van der Waals surface area contributed by atoms with Gasteiger partial charge in [0.2, 0.25) is 5.91 Å². The highest BCUT2D eigenvalue weighted by Gasteiger charge is 2.55. The molecule has 4 saturated carbocycles. The van der Waals surface area contributed by atoms with Gasteiger partial charge in [-0.2, -0.15) is 0 Å². The fraction of sp³-hybridized carbons (Fsp3) is 0.367. The van der Waals surface area contributed by atoms with Gasteiger partial charge in [-0.05, 0) is 92.7 Å². The van der Waals surface area contributed by atoms with E-state index in [2.05, 4.69) is 96.3 Å². The van der Waals surface area contributed by atoms with Gasteiger partial charge >= 0.3 is 0 Å². The van der Waals surface area contributed by atoms with Gasteiger partial charge in [0.15, 0.2) is 0 Å². The molecule has 34 heavy (non-hydrogen) atoms. The minimum absolute atomic E-state index is 0. The highest BCUT2D eigenvalue weighted by molar-refractivity contribution is 7.95. The van der Waals surface area contributed by atoms with Gasteiger partial charge in [0.25, 0.3) is 0 Å².